The monoisotopic (exact) mass is 471 g/mol. The molecule has 1 aromatic heterocycles. The number of rotatable bonds is 7. The van der Waals surface area contributed by atoms with Crippen LogP contribution in [0.3, 0.4) is 0 Å². The molecule has 5 rings (SSSR count). The summed E-state index contributed by atoms with van der Waals surface area (Å²) >= 11 is 6.24. The molecular formula is C24H30ClN5O3. The second-order valence-corrected chi connectivity index (χ2v) is 9.92. The third-order valence-corrected chi connectivity index (χ3v) is 7.41. The highest BCUT2D eigenvalue weighted by Gasteiger charge is 2.46. The number of hydrogen-bond donors (Lipinski definition) is 4. The van der Waals surface area contributed by atoms with E-state index in [4.69, 9.17) is 16.6 Å². The molecule has 3 fully saturated rings. The van der Waals surface area contributed by atoms with E-state index in [1.807, 2.05) is 12.1 Å². The Morgan fingerprint density at radius 1 is 1.18 bits per heavy atom. The fourth-order valence-electron chi connectivity index (χ4n) is 4.89. The van der Waals surface area contributed by atoms with Crippen molar-refractivity contribution in [3.8, 4) is 0 Å². The first kappa shape index (κ1) is 22.4. The van der Waals surface area contributed by atoms with E-state index in [9.17, 15) is 15.0 Å². The van der Waals surface area contributed by atoms with E-state index in [0.29, 0.717) is 47.3 Å². The Labute approximate surface area is 198 Å². The van der Waals surface area contributed by atoms with Crippen LogP contribution in [0.4, 0.5) is 11.8 Å². The van der Waals surface area contributed by atoms with E-state index < -0.39 is 0 Å². The number of piperidine rings is 1. The summed E-state index contributed by atoms with van der Waals surface area (Å²) in [5, 5.41) is 26.0. The fraction of sp³-hybridized carbons (Fsp3) is 0.542. The molecule has 1 aliphatic heterocycles. The predicted octanol–water partition coefficient (Wildman–Crippen LogP) is 2.72. The molecule has 176 valence electrons. The highest BCUT2D eigenvalue weighted by molar-refractivity contribution is 6.31. The number of aliphatic hydroxyl groups is 2. The third-order valence-electron chi connectivity index (χ3n) is 7.06. The standard InChI is InChI=1S/C24H30ClN5O3/c25-21-7-14(1-2-15(21)13-31)9-26-22-20(23(33)28-18-3-5-19(32)6-4-18)10-27-24(29-22)30-11-16-8-17(16)12-30/h1-2,7,10,16-19,31-32H,3-6,8-9,11-13H2,(H,28,33)(H,26,27,29). The van der Waals surface area contributed by atoms with Gasteiger partial charge in [-0.3, -0.25) is 4.79 Å². The number of nitrogens with one attached hydrogen (secondary N) is 2. The number of amides is 1. The van der Waals surface area contributed by atoms with Crippen LogP contribution < -0.4 is 15.5 Å². The Kier molecular flexibility index (Phi) is 6.40. The van der Waals surface area contributed by atoms with Crippen LogP contribution >= 0.6 is 11.6 Å². The van der Waals surface area contributed by atoms with Crippen molar-refractivity contribution >= 4 is 29.3 Å². The van der Waals surface area contributed by atoms with Crippen LogP contribution in [0.2, 0.25) is 5.02 Å². The summed E-state index contributed by atoms with van der Waals surface area (Å²) in [4.78, 5) is 24.6. The summed E-state index contributed by atoms with van der Waals surface area (Å²) in [6, 6.07) is 5.55. The first-order valence-corrected chi connectivity index (χ1v) is 12.1. The van der Waals surface area contributed by atoms with Gasteiger partial charge in [0.05, 0.1) is 12.7 Å². The van der Waals surface area contributed by atoms with Crippen molar-refractivity contribution in [1.82, 2.24) is 15.3 Å². The smallest absolute Gasteiger partial charge is 0.256 e. The maximum absolute atomic E-state index is 13.1. The molecule has 2 saturated carbocycles. The van der Waals surface area contributed by atoms with Crippen molar-refractivity contribution < 1.29 is 15.0 Å². The van der Waals surface area contributed by atoms with E-state index in [2.05, 4.69) is 20.5 Å². The zero-order chi connectivity index (χ0) is 22.9. The van der Waals surface area contributed by atoms with Gasteiger partial charge in [-0.25, -0.2) is 4.98 Å². The first-order chi connectivity index (χ1) is 16.0. The Hall–Kier alpha value is -2.42. The van der Waals surface area contributed by atoms with Crippen molar-refractivity contribution in [1.29, 1.82) is 0 Å². The Morgan fingerprint density at radius 3 is 2.64 bits per heavy atom. The van der Waals surface area contributed by atoms with E-state index in [1.54, 1.807) is 12.3 Å². The van der Waals surface area contributed by atoms with Gasteiger partial charge in [0.1, 0.15) is 11.4 Å². The molecule has 0 bridgehead atoms. The van der Waals surface area contributed by atoms with E-state index in [-0.39, 0.29) is 24.7 Å². The van der Waals surface area contributed by atoms with Gasteiger partial charge in [-0.15, -0.1) is 0 Å². The van der Waals surface area contributed by atoms with Crippen LogP contribution in [0.5, 0.6) is 0 Å². The maximum Gasteiger partial charge on any atom is 0.256 e. The number of halogens is 1. The minimum Gasteiger partial charge on any atom is -0.393 e. The number of carbonyl (C=O) groups is 1. The summed E-state index contributed by atoms with van der Waals surface area (Å²) in [6.07, 6.45) is 5.57. The molecule has 0 spiro atoms. The summed E-state index contributed by atoms with van der Waals surface area (Å²) < 4.78 is 0. The minimum absolute atomic E-state index is 0.0453. The lowest BCUT2D eigenvalue weighted by Crippen LogP contribution is -2.39. The van der Waals surface area contributed by atoms with Gasteiger partial charge in [0.25, 0.3) is 5.91 Å². The average Bonchev–Trinajstić information content (AvgIpc) is 3.43. The van der Waals surface area contributed by atoms with E-state index in [1.165, 1.54) is 6.42 Å². The van der Waals surface area contributed by atoms with Crippen molar-refractivity contribution in [2.75, 3.05) is 23.3 Å². The van der Waals surface area contributed by atoms with Gasteiger partial charge < -0.3 is 25.7 Å². The molecule has 2 heterocycles. The minimum atomic E-state index is -0.270. The molecule has 8 nitrogen and oxygen atoms in total. The molecule has 0 radical (unpaired) electrons. The molecule has 2 aromatic rings. The average molecular weight is 472 g/mol. The highest BCUT2D eigenvalue weighted by Crippen LogP contribution is 2.45. The number of aromatic nitrogens is 2. The zero-order valence-corrected chi connectivity index (χ0v) is 19.3. The largest absolute Gasteiger partial charge is 0.393 e. The van der Waals surface area contributed by atoms with Crippen molar-refractivity contribution in [3.63, 3.8) is 0 Å². The molecular weight excluding hydrogens is 442 g/mol. The summed E-state index contributed by atoms with van der Waals surface area (Å²) in [5.74, 6) is 2.44. The number of carbonyl (C=O) groups excluding carboxylic acids is 1. The molecule has 4 N–H and O–H groups in total. The predicted molar refractivity (Wildman–Crippen MR) is 126 cm³/mol. The molecule has 1 aromatic carbocycles. The summed E-state index contributed by atoms with van der Waals surface area (Å²) in [7, 11) is 0. The van der Waals surface area contributed by atoms with Gasteiger partial charge in [0.15, 0.2) is 0 Å². The molecule has 3 aliphatic rings. The lowest BCUT2D eigenvalue weighted by Gasteiger charge is -2.26. The Morgan fingerprint density at radius 2 is 1.94 bits per heavy atom. The zero-order valence-electron chi connectivity index (χ0n) is 18.5. The molecule has 2 atom stereocenters. The van der Waals surface area contributed by atoms with Gasteiger partial charge in [-0.2, -0.15) is 4.98 Å². The molecule has 1 saturated heterocycles. The normalized spacial score (nSPS) is 26.1. The van der Waals surface area contributed by atoms with Gasteiger partial charge in [0.2, 0.25) is 5.95 Å². The van der Waals surface area contributed by atoms with Crippen molar-refractivity contribution in [2.24, 2.45) is 11.8 Å². The van der Waals surface area contributed by atoms with Crippen LogP contribution in [0.1, 0.15) is 53.6 Å². The number of anilines is 2. The highest BCUT2D eigenvalue weighted by atomic mass is 35.5. The Bertz CT molecular complexity index is 1020. The Balaban J connectivity index is 1.34. The SMILES string of the molecule is O=C(NC1CCC(O)CC1)c1cnc(N2CC3CC3C2)nc1NCc1ccc(CO)c(Cl)c1. The van der Waals surface area contributed by atoms with Crippen LogP contribution in [-0.2, 0) is 13.2 Å². The topological polar surface area (TPSA) is 111 Å². The number of hydrogen-bond acceptors (Lipinski definition) is 7. The molecule has 9 heteroatoms. The van der Waals surface area contributed by atoms with Crippen LogP contribution in [0, 0.1) is 11.8 Å². The number of benzene rings is 1. The van der Waals surface area contributed by atoms with Crippen LogP contribution in [0.25, 0.3) is 0 Å². The number of nitrogens with zero attached hydrogens (tertiary/aromatic N) is 3. The maximum atomic E-state index is 13.1. The van der Waals surface area contributed by atoms with Gasteiger partial charge in [-0.1, -0.05) is 23.7 Å². The lowest BCUT2D eigenvalue weighted by atomic mass is 9.93. The second kappa shape index (κ2) is 9.44. The van der Waals surface area contributed by atoms with Crippen molar-refractivity contribution in [2.45, 2.75) is 57.4 Å². The second-order valence-electron chi connectivity index (χ2n) is 9.51. The van der Waals surface area contributed by atoms with E-state index >= 15 is 0 Å². The van der Waals surface area contributed by atoms with Gasteiger partial charge in [-0.05, 0) is 61.1 Å². The van der Waals surface area contributed by atoms with Crippen LogP contribution in [0.15, 0.2) is 24.4 Å². The summed E-state index contributed by atoms with van der Waals surface area (Å²) in [5.41, 5.74) is 2.01. The third kappa shape index (κ3) is 5.08. The molecule has 2 aliphatic carbocycles. The fourth-order valence-corrected chi connectivity index (χ4v) is 5.15. The number of fused-ring (bicyclic) bond motifs is 1. The van der Waals surface area contributed by atoms with Gasteiger partial charge in [0, 0.05) is 36.9 Å². The molecule has 33 heavy (non-hydrogen) atoms. The molecule has 2 unspecified atom stereocenters. The molecule has 1 amide bonds. The van der Waals surface area contributed by atoms with E-state index in [0.717, 1.165) is 43.3 Å². The lowest BCUT2D eigenvalue weighted by molar-refractivity contribution is 0.0867. The number of aliphatic hydroxyl groups excluding tert-OH is 2. The van der Waals surface area contributed by atoms with Crippen LogP contribution in [-0.4, -0.2) is 51.3 Å². The van der Waals surface area contributed by atoms with Crippen molar-refractivity contribution in [3.05, 3.63) is 46.1 Å². The quantitative estimate of drug-likeness (QED) is 0.491. The first-order valence-electron chi connectivity index (χ1n) is 11.7. The van der Waals surface area contributed by atoms with Gasteiger partial charge >= 0.3 is 0 Å². The summed E-state index contributed by atoms with van der Waals surface area (Å²) in [6.45, 7) is 2.27.